The summed E-state index contributed by atoms with van der Waals surface area (Å²) in [5.41, 5.74) is 6.55. The molecule has 126 valence electrons. The van der Waals surface area contributed by atoms with Crippen LogP contribution in [-0.4, -0.2) is 30.6 Å². The fourth-order valence-corrected chi connectivity index (χ4v) is 4.10. The third-order valence-corrected chi connectivity index (χ3v) is 6.01. The summed E-state index contributed by atoms with van der Waals surface area (Å²) < 4.78 is 0. The summed E-state index contributed by atoms with van der Waals surface area (Å²) in [5, 5.41) is 0. The molecule has 1 aliphatic rings. The van der Waals surface area contributed by atoms with E-state index in [-0.39, 0.29) is 0 Å². The van der Waals surface area contributed by atoms with Crippen LogP contribution in [-0.2, 0) is 0 Å². The van der Waals surface area contributed by atoms with E-state index in [0.717, 1.165) is 18.4 Å². The lowest BCUT2D eigenvalue weighted by Gasteiger charge is -2.46. The van der Waals surface area contributed by atoms with Gasteiger partial charge in [-0.15, -0.1) is 0 Å². The molecule has 0 aromatic heterocycles. The highest BCUT2D eigenvalue weighted by Crippen LogP contribution is 2.41. The Morgan fingerprint density at radius 1 is 1.10 bits per heavy atom. The van der Waals surface area contributed by atoms with Crippen LogP contribution in [0.2, 0.25) is 0 Å². The maximum Gasteiger partial charge on any atom is 0.0138 e. The van der Waals surface area contributed by atoms with Gasteiger partial charge in [0.05, 0.1) is 0 Å². The summed E-state index contributed by atoms with van der Waals surface area (Å²) in [4.78, 5) is 2.76. The number of nitrogens with zero attached hydrogens (tertiary/aromatic N) is 1. The fourth-order valence-electron chi connectivity index (χ4n) is 4.10. The van der Waals surface area contributed by atoms with Crippen LogP contribution in [0.3, 0.4) is 0 Å². The van der Waals surface area contributed by atoms with Crippen molar-refractivity contribution >= 4 is 0 Å². The van der Waals surface area contributed by atoms with Crippen LogP contribution < -0.4 is 5.73 Å². The van der Waals surface area contributed by atoms with Crippen LogP contribution in [0.25, 0.3) is 0 Å². The van der Waals surface area contributed by atoms with E-state index in [4.69, 9.17) is 5.73 Å². The van der Waals surface area contributed by atoms with Gasteiger partial charge in [0.1, 0.15) is 0 Å². The molecule has 0 bridgehead atoms. The number of hydrogen-bond donors (Lipinski definition) is 1. The molecule has 0 spiro atoms. The van der Waals surface area contributed by atoms with Crippen molar-refractivity contribution in [2.24, 2.45) is 28.9 Å². The van der Waals surface area contributed by atoms with Crippen molar-refractivity contribution in [1.29, 1.82) is 0 Å². The monoisotopic (exact) mass is 296 g/mol. The maximum atomic E-state index is 6.11. The Labute approximate surface area is 133 Å². The Balaban J connectivity index is 2.80. The highest BCUT2D eigenvalue weighted by molar-refractivity contribution is 4.91. The molecule has 0 radical (unpaired) electrons. The van der Waals surface area contributed by atoms with E-state index < -0.39 is 0 Å². The average molecular weight is 297 g/mol. The first-order valence-corrected chi connectivity index (χ1v) is 9.31. The second kappa shape index (κ2) is 8.53. The molecule has 1 saturated carbocycles. The minimum Gasteiger partial charge on any atom is -0.330 e. The number of hydrogen-bond acceptors (Lipinski definition) is 2. The molecule has 2 heteroatoms. The number of nitrogens with two attached hydrogens (primary N) is 1. The SMILES string of the molecule is CCC(CC)CN(CC)C1CC(C(C)(C)C)CCC1CN. The summed E-state index contributed by atoms with van der Waals surface area (Å²) in [6.45, 7) is 17.5. The summed E-state index contributed by atoms with van der Waals surface area (Å²) in [6, 6.07) is 0.707. The standard InChI is InChI=1S/C19H40N2/c1-7-15(8-2)14-21(9-3)18-12-17(19(4,5)6)11-10-16(18)13-20/h15-18H,7-14,20H2,1-6H3. The quantitative estimate of drug-likeness (QED) is 0.747. The zero-order chi connectivity index (χ0) is 16.0. The summed E-state index contributed by atoms with van der Waals surface area (Å²) in [6.07, 6.45) is 6.64. The van der Waals surface area contributed by atoms with Crippen molar-refractivity contribution in [3.8, 4) is 0 Å². The zero-order valence-corrected chi connectivity index (χ0v) is 15.5. The first kappa shape index (κ1) is 19.0. The molecule has 2 nitrogen and oxygen atoms in total. The molecule has 0 aromatic carbocycles. The Morgan fingerprint density at radius 3 is 2.14 bits per heavy atom. The second-order valence-electron chi connectivity index (χ2n) is 8.21. The summed E-state index contributed by atoms with van der Waals surface area (Å²) in [5.74, 6) is 2.40. The third kappa shape index (κ3) is 5.25. The van der Waals surface area contributed by atoms with Crippen molar-refractivity contribution in [3.05, 3.63) is 0 Å². The van der Waals surface area contributed by atoms with E-state index in [1.165, 1.54) is 45.2 Å². The molecule has 3 atom stereocenters. The van der Waals surface area contributed by atoms with Crippen LogP contribution in [0.1, 0.15) is 73.6 Å². The van der Waals surface area contributed by atoms with E-state index in [1.54, 1.807) is 0 Å². The minimum atomic E-state index is 0.437. The maximum absolute atomic E-state index is 6.11. The Hall–Kier alpha value is -0.0800. The van der Waals surface area contributed by atoms with Crippen LogP contribution >= 0.6 is 0 Å². The van der Waals surface area contributed by atoms with Crippen molar-refractivity contribution in [2.45, 2.75) is 79.7 Å². The summed E-state index contributed by atoms with van der Waals surface area (Å²) >= 11 is 0. The normalized spacial score (nSPS) is 27.6. The Kier molecular flexibility index (Phi) is 7.70. The van der Waals surface area contributed by atoms with Crippen LogP contribution in [0.4, 0.5) is 0 Å². The molecular formula is C19H40N2. The first-order chi connectivity index (χ1) is 9.87. The molecule has 1 rings (SSSR count). The van der Waals surface area contributed by atoms with Gasteiger partial charge in [0.25, 0.3) is 0 Å². The highest BCUT2D eigenvalue weighted by Gasteiger charge is 2.37. The van der Waals surface area contributed by atoms with E-state index >= 15 is 0 Å². The fraction of sp³-hybridized carbons (Fsp3) is 1.00. The molecular weight excluding hydrogens is 256 g/mol. The van der Waals surface area contributed by atoms with Gasteiger partial charge in [-0.05, 0) is 55.5 Å². The smallest absolute Gasteiger partial charge is 0.0138 e. The topological polar surface area (TPSA) is 29.3 Å². The summed E-state index contributed by atoms with van der Waals surface area (Å²) in [7, 11) is 0. The van der Waals surface area contributed by atoms with Crippen LogP contribution in [0.5, 0.6) is 0 Å². The van der Waals surface area contributed by atoms with Crippen molar-refractivity contribution < 1.29 is 0 Å². The molecule has 3 unspecified atom stereocenters. The molecule has 2 N–H and O–H groups in total. The van der Waals surface area contributed by atoms with Gasteiger partial charge in [-0.2, -0.15) is 0 Å². The largest absolute Gasteiger partial charge is 0.330 e. The molecule has 1 aliphatic carbocycles. The van der Waals surface area contributed by atoms with Gasteiger partial charge in [0.15, 0.2) is 0 Å². The average Bonchev–Trinajstić information content (AvgIpc) is 2.47. The van der Waals surface area contributed by atoms with Gasteiger partial charge in [0.2, 0.25) is 0 Å². The first-order valence-electron chi connectivity index (χ1n) is 9.31. The Bertz CT molecular complexity index is 278. The van der Waals surface area contributed by atoms with Gasteiger partial charge in [-0.3, -0.25) is 0 Å². The molecule has 0 heterocycles. The van der Waals surface area contributed by atoms with E-state index in [9.17, 15) is 0 Å². The lowest BCUT2D eigenvalue weighted by Crippen LogP contribution is -2.49. The van der Waals surface area contributed by atoms with Crippen molar-refractivity contribution in [2.75, 3.05) is 19.6 Å². The predicted molar refractivity (Wildman–Crippen MR) is 94.4 cm³/mol. The van der Waals surface area contributed by atoms with Gasteiger partial charge >= 0.3 is 0 Å². The van der Waals surface area contributed by atoms with Gasteiger partial charge in [0, 0.05) is 12.6 Å². The third-order valence-electron chi connectivity index (χ3n) is 6.01. The predicted octanol–water partition coefficient (Wildman–Crippen LogP) is 4.53. The van der Waals surface area contributed by atoms with Gasteiger partial charge in [-0.25, -0.2) is 0 Å². The molecule has 0 aliphatic heterocycles. The lowest BCUT2D eigenvalue weighted by atomic mass is 9.67. The molecule has 1 fully saturated rings. The molecule has 0 amide bonds. The number of rotatable bonds is 7. The van der Waals surface area contributed by atoms with E-state index in [1.807, 2.05) is 0 Å². The Morgan fingerprint density at radius 2 is 1.71 bits per heavy atom. The van der Waals surface area contributed by atoms with Crippen molar-refractivity contribution in [3.63, 3.8) is 0 Å². The van der Waals surface area contributed by atoms with Gasteiger partial charge in [-0.1, -0.05) is 54.4 Å². The lowest BCUT2D eigenvalue weighted by molar-refractivity contribution is 0.0385. The minimum absolute atomic E-state index is 0.437. The van der Waals surface area contributed by atoms with E-state index in [0.29, 0.717) is 17.4 Å². The molecule has 21 heavy (non-hydrogen) atoms. The van der Waals surface area contributed by atoms with E-state index in [2.05, 4.69) is 46.4 Å². The zero-order valence-electron chi connectivity index (χ0n) is 15.5. The van der Waals surface area contributed by atoms with Crippen molar-refractivity contribution in [1.82, 2.24) is 4.90 Å². The molecule has 0 saturated heterocycles. The second-order valence-corrected chi connectivity index (χ2v) is 8.21. The highest BCUT2D eigenvalue weighted by atomic mass is 15.2. The van der Waals surface area contributed by atoms with Gasteiger partial charge < -0.3 is 10.6 Å². The van der Waals surface area contributed by atoms with Crippen LogP contribution in [0.15, 0.2) is 0 Å². The molecule has 0 aromatic rings. The van der Waals surface area contributed by atoms with Crippen LogP contribution in [0, 0.1) is 23.2 Å².